The molecule has 0 bridgehead atoms. The maximum atomic E-state index is 8.79. The lowest BCUT2D eigenvalue weighted by molar-refractivity contribution is 0.288. The van der Waals surface area contributed by atoms with Crippen LogP contribution in [-0.4, -0.2) is 10.9 Å². The van der Waals surface area contributed by atoms with Crippen LogP contribution >= 0.6 is 0 Å². The topological polar surface area (TPSA) is 32.6 Å². The fourth-order valence-electron chi connectivity index (χ4n) is 2.45. The molecular weight excluding hydrogens is 150 g/mol. The molecule has 0 aliphatic heterocycles. The number of rotatable bonds is 0. The van der Waals surface area contributed by atoms with Crippen LogP contribution in [0, 0.1) is 11.8 Å². The first-order valence-electron chi connectivity index (χ1n) is 4.77. The molecule has 0 aromatic carbocycles. The molecular formula is C10H15NO. The van der Waals surface area contributed by atoms with Crippen molar-refractivity contribution < 1.29 is 5.21 Å². The van der Waals surface area contributed by atoms with Crippen LogP contribution in [-0.2, 0) is 0 Å². The van der Waals surface area contributed by atoms with Crippen molar-refractivity contribution in [3.63, 3.8) is 0 Å². The third-order valence-corrected chi connectivity index (χ3v) is 3.13. The van der Waals surface area contributed by atoms with E-state index in [1.807, 2.05) is 0 Å². The molecule has 2 atom stereocenters. The summed E-state index contributed by atoms with van der Waals surface area (Å²) in [5.41, 5.74) is 1.04. The molecule has 2 heteroatoms. The predicted molar refractivity (Wildman–Crippen MR) is 48.4 cm³/mol. The van der Waals surface area contributed by atoms with Gasteiger partial charge in [-0.3, -0.25) is 0 Å². The summed E-state index contributed by atoms with van der Waals surface area (Å²) in [4.78, 5) is 0. The second-order valence-corrected chi connectivity index (χ2v) is 3.79. The first-order chi connectivity index (χ1) is 5.92. The second-order valence-electron chi connectivity index (χ2n) is 3.79. The summed E-state index contributed by atoms with van der Waals surface area (Å²) in [6.45, 7) is 0. The van der Waals surface area contributed by atoms with E-state index in [0.29, 0.717) is 5.92 Å². The Hall–Kier alpha value is -0.790. The smallest absolute Gasteiger partial charge is 0.0607 e. The number of oxime groups is 1. The maximum absolute atomic E-state index is 8.79. The van der Waals surface area contributed by atoms with Crippen molar-refractivity contribution in [1.29, 1.82) is 0 Å². The van der Waals surface area contributed by atoms with E-state index in [2.05, 4.69) is 17.3 Å². The summed E-state index contributed by atoms with van der Waals surface area (Å²) in [5.74, 6) is 1.31. The zero-order chi connectivity index (χ0) is 8.39. The second kappa shape index (κ2) is 3.30. The number of allylic oxidation sites excluding steroid dienone is 2. The minimum atomic E-state index is 0.550. The lowest BCUT2D eigenvalue weighted by atomic mass is 9.72. The van der Waals surface area contributed by atoms with Crippen LogP contribution in [0.25, 0.3) is 0 Å². The van der Waals surface area contributed by atoms with Gasteiger partial charge in [0.15, 0.2) is 0 Å². The van der Waals surface area contributed by atoms with Crippen molar-refractivity contribution in [1.82, 2.24) is 0 Å². The van der Waals surface area contributed by atoms with Gasteiger partial charge in [0, 0.05) is 5.92 Å². The standard InChI is InChI=1S/C10H15NO/c12-11-10-7-3-5-8-4-1-2-6-9(8)10/h1-2,8-9,12H,3-7H2. The molecule has 2 unspecified atom stereocenters. The average molecular weight is 165 g/mol. The number of nitrogens with zero attached hydrogens (tertiary/aromatic N) is 1. The van der Waals surface area contributed by atoms with Gasteiger partial charge < -0.3 is 5.21 Å². The molecule has 0 heterocycles. The van der Waals surface area contributed by atoms with Gasteiger partial charge in [0.25, 0.3) is 0 Å². The minimum Gasteiger partial charge on any atom is -0.411 e. The van der Waals surface area contributed by atoms with E-state index < -0.39 is 0 Å². The molecule has 0 aromatic rings. The molecule has 1 saturated carbocycles. The lowest BCUT2D eigenvalue weighted by Gasteiger charge is -2.33. The van der Waals surface area contributed by atoms with Crippen molar-refractivity contribution in [2.24, 2.45) is 17.0 Å². The molecule has 2 aliphatic carbocycles. The van der Waals surface area contributed by atoms with Crippen molar-refractivity contribution in [2.75, 3.05) is 0 Å². The summed E-state index contributed by atoms with van der Waals surface area (Å²) in [6, 6.07) is 0. The third-order valence-electron chi connectivity index (χ3n) is 3.13. The molecule has 0 amide bonds. The maximum Gasteiger partial charge on any atom is 0.0607 e. The molecule has 1 fully saturated rings. The van der Waals surface area contributed by atoms with E-state index in [9.17, 15) is 0 Å². The molecule has 2 rings (SSSR count). The Kier molecular flexibility index (Phi) is 2.15. The van der Waals surface area contributed by atoms with Crippen molar-refractivity contribution in [2.45, 2.75) is 32.1 Å². The Labute approximate surface area is 73.0 Å². The molecule has 66 valence electrons. The first kappa shape index (κ1) is 7.84. The highest BCUT2D eigenvalue weighted by Crippen LogP contribution is 2.35. The van der Waals surface area contributed by atoms with Gasteiger partial charge in [-0.2, -0.15) is 0 Å². The summed E-state index contributed by atoms with van der Waals surface area (Å²) < 4.78 is 0. The SMILES string of the molecule is ON=C1CCCC2CC=CCC12. The number of fused-ring (bicyclic) bond motifs is 1. The van der Waals surface area contributed by atoms with E-state index in [-0.39, 0.29) is 0 Å². The predicted octanol–water partition coefficient (Wildman–Crippen LogP) is 2.58. The molecule has 1 N–H and O–H groups in total. The van der Waals surface area contributed by atoms with Crippen LogP contribution < -0.4 is 0 Å². The van der Waals surface area contributed by atoms with E-state index in [0.717, 1.165) is 24.5 Å². The Balaban J connectivity index is 2.16. The molecule has 2 nitrogen and oxygen atoms in total. The normalized spacial score (nSPS) is 38.2. The van der Waals surface area contributed by atoms with Gasteiger partial charge in [-0.1, -0.05) is 17.3 Å². The molecule has 2 aliphatic rings. The van der Waals surface area contributed by atoms with E-state index >= 15 is 0 Å². The Bertz CT molecular complexity index is 220. The Morgan fingerprint density at radius 2 is 2.17 bits per heavy atom. The highest BCUT2D eigenvalue weighted by Gasteiger charge is 2.30. The summed E-state index contributed by atoms with van der Waals surface area (Å²) in [5, 5.41) is 12.2. The monoisotopic (exact) mass is 165 g/mol. The van der Waals surface area contributed by atoms with Gasteiger partial charge in [-0.15, -0.1) is 0 Å². The fraction of sp³-hybridized carbons (Fsp3) is 0.700. The highest BCUT2D eigenvalue weighted by molar-refractivity contribution is 5.87. The minimum absolute atomic E-state index is 0.550. The molecule has 0 aromatic heterocycles. The van der Waals surface area contributed by atoms with Crippen molar-refractivity contribution >= 4 is 5.71 Å². The van der Waals surface area contributed by atoms with Crippen molar-refractivity contribution in [3.8, 4) is 0 Å². The molecule has 0 radical (unpaired) electrons. The largest absolute Gasteiger partial charge is 0.411 e. The zero-order valence-corrected chi connectivity index (χ0v) is 7.24. The Morgan fingerprint density at radius 3 is 3.00 bits per heavy atom. The van der Waals surface area contributed by atoms with Gasteiger partial charge in [0.05, 0.1) is 5.71 Å². The summed E-state index contributed by atoms with van der Waals surface area (Å²) in [6.07, 6.45) is 10.3. The third kappa shape index (κ3) is 1.26. The average Bonchev–Trinajstić information content (AvgIpc) is 2.17. The molecule has 0 spiro atoms. The van der Waals surface area contributed by atoms with Gasteiger partial charge in [-0.05, 0) is 38.0 Å². The molecule has 12 heavy (non-hydrogen) atoms. The number of hydrogen-bond donors (Lipinski definition) is 1. The quantitative estimate of drug-likeness (QED) is 0.334. The van der Waals surface area contributed by atoms with E-state index in [4.69, 9.17) is 5.21 Å². The van der Waals surface area contributed by atoms with Gasteiger partial charge in [0.1, 0.15) is 0 Å². The lowest BCUT2D eigenvalue weighted by Crippen LogP contribution is -2.29. The van der Waals surface area contributed by atoms with Gasteiger partial charge in [-0.25, -0.2) is 0 Å². The van der Waals surface area contributed by atoms with Crippen molar-refractivity contribution in [3.05, 3.63) is 12.2 Å². The van der Waals surface area contributed by atoms with Gasteiger partial charge in [0.2, 0.25) is 0 Å². The van der Waals surface area contributed by atoms with Crippen LogP contribution in [0.5, 0.6) is 0 Å². The highest BCUT2D eigenvalue weighted by atomic mass is 16.4. The van der Waals surface area contributed by atoms with Crippen LogP contribution in [0.2, 0.25) is 0 Å². The first-order valence-corrected chi connectivity index (χ1v) is 4.77. The number of hydrogen-bond acceptors (Lipinski definition) is 2. The van der Waals surface area contributed by atoms with Crippen LogP contribution in [0.3, 0.4) is 0 Å². The van der Waals surface area contributed by atoms with E-state index in [1.54, 1.807) is 0 Å². The Morgan fingerprint density at radius 1 is 1.33 bits per heavy atom. The van der Waals surface area contributed by atoms with E-state index in [1.165, 1.54) is 19.3 Å². The van der Waals surface area contributed by atoms with Crippen LogP contribution in [0.4, 0.5) is 0 Å². The fourth-order valence-corrected chi connectivity index (χ4v) is 2.45. The van der Waals surface area contributed by atoms with Gasteiger partial charge >= 0.3 is 0 Å². The zero-order valence-electron chi connectivity index (χ0n) is 7.24. The molecule has 0 saturated heterocycles. The van der Waals surface area contributed by atoms with Crippen LogP contribution in [0.15, 0.2) is 17.3 Å². The summed E-state index contributed by atoms with van der Waals surface area (Å²) >= 11 is 0. The summed E-state index contributed by atoms with van der Waals surface area (Å²) in [7, 11) is 0. The van der Waals surface area contributed by atoms with Crippen LogP contribution in [0.1, 0.15) is 32.1 Å².